The zero-order valence-electron chi connectivity index (χ0n) is 19.0. The molecule has 4 rings (SSSR count). The van der Waals surface area contributed by atoms with Crippen LogP contribution in [0.3, 0.4) is 0 Å². The maximum atomic E-state index is 13.9. The Kier molecular flexibility index (Phi) is 8.13. The minimum absolute atomic E-state index is 0.0688. The lowest BCUT2D eigenvalue weighted by Gasteiger charge is -2.09. The van der Waals surface area contributed by atoms with Crippen LogP contribution in [0.25, 0.3) is 16.9 Å². The molecule has 0 saturated heterocycles. The fourth-order valence-electron chi connectivity index (χ4n) is 3.63. The SMILES string of the molecule is O=C(CCc1cc(-c2cccc(F)c2)n(-c2ccc(OCCO)cc2)n1)NCc1cccc(Cl)c1. The molecule has 0 spiro atoms. The summed E-state index contributed by atoms with van der Waals surface area (Å²) in [6.07, 6.45) is 0.683. The van der Waals surface area contributed by atoms with E-state index in [9.17, 15) is 9.18 Å². The van der Waals surface area contributed by atoms with Crippen molar-refractivity contribution < 1.29 is 19.0 Å². The zero-order chi connectivity index (χ0) is 24.6. The average Bonchev–Trinajstić information content (AvgIpc) is 3.30. The Morgan fingerprint density at radius 2 is 1.86 bits per heavy atom. The van der Waals surface area contributed by atoms with Gasteiger partial charge >= 0.3 is 0 Å². The van der Waals surface area contributed by atoms with E-state index in [0.717, 1.165) is 11.3 Å². The third-order valence-electron chi connectivity index (χ3n) is 5.31. The van der Waals surface area contributed by atoms with E-state index >= 15 is 0 Å². The molecule has 180 valence electrons. The van der Waals surface area contributed by atoms with E-state index in [1.165, 1.54) is 12.1 Å². The highest BCUT2D eigenvalue weighted by atomic mass is 35.5. The molecule has 35 heavy (non-hydrogen) atoms. The van der Waals surface area contributed by atoms with Gasteiger partial charge in [-0.2, -0.15) is 5.10 Å². The second-order valence-corrected chi connectivity index (χ2v) is 8.35. The largest absolute Gasteiger partial charge is 0.491 e. The Balaban J connectivity index is 1.50. The van der Waals surface area contributed by atoms with Crippen LogP contribution in [0.4, 0.5) is 4.39 Å². The van der Waals surface area contributed by atoms with E-state index in [0.29, 0.717) is 40.7 Å². The highest BCUT2D eigenvalue weighted by Gasteiger charge is 2.14. The number of nitrogens with zero attached hydrogens (tertiary/aromatic N) is 2. The monoisotopic (exact) mass is 493 g/mol. The van der Waals surface area contributed by atoms with Crippen molar-refractivity contribution in [1.29, 1.82) is 0 Å². The molecule has 0 unspecified atom stereocenters. The number of aliphatic hydroxyl groups is 1. The van der Waals surface area contributed by atoms with Gasteiger partial charge in [0, 0.05) is 30.0 Å². The van der Waals surface area contributed by atoms with Crippen LogP contribution >= 0.6 is 11.6 Å². The van der Waals surface area contributed by atoms with Gasteiger partial charge in [0.15, 0.2) is 0 Å². The molecule has 1 aromatic heterocycles. The molecule has 0 aliphatic heterocycles. The van der Waals surface area contributed by atoms with Gasteiger partial charge in [-0.1, -0.05) is 35.9 Å². The average molecular weight is 494 g/mol. The van der Waals surface area contributed by atoms with Crippen LogP contribution in [0, 0.1) is 5.82 Å². The van der Waals surface area contributed by atoms with E-state index in [2.05, 4.69) is 5.32 Å². The molecule has 0 aliphatic rings. The van der Waals surface area contributed by atoms with Crippen LogP contribution < -0.4 is 10.1 Å². The lowest BCUT2D eigenvalue weighted by molar-refractivity contribution is -0.121. The van der Waals surface area contributed by atoms with Gasteiger partial charge in [0.05, 0.1) is 23.7 Å². The van der Waals surface area contributed by atoms with Gasteiger partial charge in [-0.15, -0.1) is 0 Å². The van der Waals surface area contributed by atoms with Crippen molar-refractivity contribution in [3.05, 3.63) is 101 Å². The Labute approximate surface area is 207 Å². The minimum Gasteiger partial charge on any atom is -0.491 e. The lowest BCUT2D eigenvalue weighted by atomic mass is 10.1. The Hall–Kier alpha value is -3.68. The summed E-state index contributed by atoms with van der Waals surface area (Å²) in [5.74, 6) is 0.182. The predicted octanol–water partition coefficient (Wildman–Crippen LogP) is 4.95. The van der Waals surface area contributed by atoms with Crippen molar-refractivity contribution in [3.8, 4) is 22.7 Å². The Morgan fingerprint density at radius 1 is 1.06 bits per heavy atom. The van der Waals surface area contributed by atoms with Crippen molar-refractivity contribution in [2.45, 2.75) is 19.4 Å². The van der Waals surface area contributed by atoms with Crippen LogP contribution in [0.5, 0.6) is 5.75 Å². The van der Waals surface area contributed by atoms with Gasteiger partial charge in [0.25, 0.3) is 0 Å². The van der Waals surface area contributed by atoms with Gasteiger partial charge in [0.1, 0.15) is 18.2 Å². The standard InChI is InChI=1S/C27H25ClFN3O3/c28-21-5-1-3-19(15-21)18-30-27(34)12-7-23-17-26(20-4-2-6-22(29)16-20)32(31-23)24-8-10-25(11-9-24)35-14-13-33/h1-6,8-11,15-17,33H,7,12-14,18H2,(H,30,34). The van der Waals surface area contributed by atoms with Gasteiger partial charge in [-0.25, -0.2) is 9.07 Å². The molecular formula is C27H25ClFN3O3. The maximum Gasteiger partial charge on any atom is 0.220 e. The van der Waals surface area contributed by atoms with Gasteiger partial charge < -0.3 is 15.2 Å². The van der Waals surface area contributed by atoms with Crippen molar-refractivity contribution in [1.82, 2.24) is 15.1 Å². The summed E-state index contributed by atoms with van der Waals surface area (Å²) >= 11 is 6.00. The van der Waals surface area contributed by atoms with E-state index in [4.69, 9.17) is 26.5 Å². The Morgan fingerprint density at radius 3 is 2.60 bits per heavy atom. The number of aryl methyl sites for hydroxylation is 1. The third-order valence-corrected chi connectivity index (χ3v) is 5.54. The van der Waals surface area contributed by atoms with Crippen LogP contribution in [-0.4, -0.2) is 34.0 Å². The van der Waals surface area contributed by atoms with Crippen LogP contribution in [0.15, 0.2) is 78.9 Å². The summed E-state index contributed by atoms with van der Waals surface area (Å²) in [5, 5.41) is 17.2. The summed E-state index contributed by atoms with van der Waals surface area (Å²) in [5.41, 5.74) is 3.78. The van der Waals surface area contributed by atoms with Crippen LogP contribution in [-0.2, 0) is 17.8 Å². The molecule has 1 amide bonds. The van der Waals surface area contributed by atoms with E-state index < -0.39 is 0 Å². The van der Waals surface area contributed by atoms with E-state index in [1.54, 1.807) is 28.9 Å². The molecule has 3 aromatic carbocycles. The molecule has 0 saturated carbocycles. The maximum absolute atomic E-state index is 13.9. The number of aromatic nitrogens is 2. The molecule has 0 fully saturated rings. The molecule has 4 aromatic rings. The van der Waals surface area contributed by atoms with Gasteiger partial charge in [-0.3, -0.25) is 4.79 Å². The fourth-order valence-corrected chi connectivity index (χ4v) is 3.84. The van der Waals surface area contributed by atoms with E-state index in [-0.39, 0.29) is 31.4 Å². The molecule has 0 radical (unpaired) electrons. The van der Waals surface area contributed by atoms with Gasteiger partial charge in [0.2, 0.25) is 5.91 Å². The zero-order valence-corrected chi connectivity index (χ0v) is 19.7. The first kappa shape index (κ1) is 24.4. The molecule has 0 aliphatic carbocycles. The van der Waals surface area contributed by atoms with Crippen molar-refractivity contribution in [2.24, 2.45) is 0 Å². The first-order chi connectivity index (χ1) is 17.0. The fraction of sp³-hybridized carbons (Fsp3) is 0.185. The molecule has 6 nitrogen and oxygen atoms in total. The summed E-state index contributed by atoms with van der Waals surface area (Å²) in [4.78, 5) is 12.4. The second kappa shape index (κ2) is 11.6. The third kappa shape index (κ3) is 6.68. The molecule has 0 bridgehead atoms. The molecule has 1 heterocycles. The lowest BCUT2D eigenvalue weighted by Crippen LogP contribution is -2.23. The van der Waals surface area contributed by atoms with E-state index in [1.807, 2.05) is 42.5 Å². The topological polar surface area (TPSA) is 76.4 Å². The first-order valence-corrected chi connectivity index (χ1v) is 11.6. The highest BCUT2D eigenvalue weighted by molar-refractivity contribution is 6.30. The van der Waals surface area contributed by atoms with Crippen LogP contribution in [0.2, 0.25) is 5.02 Å². The normalized spacial score (nSPS) is 10.8. The quantitative estimate of drug-likeness (QED) is 0.327. The minimum atomic E-state index is -0.343. The van der Waals surface area contributed by atoms with Crippen molar-refractivity contribution in [2.75, 3.05) is 13.2 Å². The second-order valence-electron chi connectivity index (χ2n) is 7.92. The molecular weight excluding hydrogens is 469 g/mol. The molecule has 2 N–H and O–H groups in total. The van der Waals surface area contributed by atoms with Gasteiger partial charge in [-0.05, 0) is 60.2 Å². The number of rotatable bonds is 10. The molecule has 8 heteroatoms. The Bertz CT molecular complexity index is 1290. The smallest absolute Gasteiger partial charge is 0.220 e. The number of aliphatic hydroxyl groups excluding tert-OH is 1. The van der Waals surface area contributed by atoms with Crippen LogP contribution in [0.1, 0.15) is 17.7 Å². The number of ether oxygens (including phenoxy) is 1. The number of hydrogen-bond acceptors (Lipinski definition) is 4. The first-order valence-electron chi connectivity index (χ1n) is 11.2. The molecule has 0 atom stereocenters. The van der Waals surface area contributed by atoms with Crippen molar-refractivity contribution in [3.63, 3.8) is 0 Å². The number of carbonyl (C=O) groups excluding carboxylic acids is 1. The summed E-state index contributed by atoms with van der Waals surface area (Å²) in [6, 6.07) is 22.8. The number of hydrogen-bond donors (Lipinski definition) is 2. The summed E-state index contributed by atoms with van der Waals surface area (Å²) in [6.45, 7) is 0.535. The van der Waals surface area contributed by atoms with Crippen molar-refractivity contribution >= 4 is 17.5 Å². The number of nitrogens with one attached hydrogen (secondary N) is 1. The number of amides is 1. The summed E-state index contributed by atoms with van der Waals surface area (Å²) < 4.78 is 21.1. The number of benzene rings is 3. The highest BCUT2D eigenvalue weighted by Crippen LogP contribution is 2.26. The predicted molar refractivity (Wildman–Crippen MR) is 133 cm³/mol. The summed E-state index contributed by atoms with van der Waals surface area (Å²) in [7, 11) is 0. The number of halogens is 2. The number of carbonyl (C=O) groups is 1.